The topological polar surface area (TPSA) is 52.9 Å². The first kappa shape index (κ1) is 14.3. The number of rotatable bonds is 4. The quantitative estimate of drug-likeness (QED) is 0.942. The van der Waals surface area contributed by atoms with Crippen LogP contribution in [0.1, 0.15) is 29.5 Å². The lowest BCUT2D eigenvalue weighted by Gasteiger charge is -2.16. The highest BCUT2D eigenvalue weighted by atomic mass is 19.1. The van der Waals surface area contributed by atoms with Crippen molar-refractivity contribution in [2.75, 3.05) is 0 Å². The van der Waals surface area contributed by atoms with Crippen molar-refractivity contribution >= 4 is 5.91 Å². The molecule has 1 aliphatic carbocycles. The van der Waals surface area contributed by atoms with E-state index in [4.69, 9.17) is 5.26 Å². The van der Waals surface area contributed by atoms with Crippen molar-refractivity contribution < 1.29 is 9.18 Å². The number of hydrogen-bond donors (Lipinski definition) is 1. The molecule has 0 saturated heterocycles. The molecular formula is C18H15FN2O. The summed E-state index contributed by atoms with van der Waals surface area (Å²) in [5.41, 5.74) is 1.91. The zero-order valence-electron chi connectivity index (χ0n) is 12.0. The maximum Gasteiger partial charge on any atom is 0.230 e. The highest BCUT2D eigenvalue weighted by molar-refractivity contribution is 5.91. The normalized spacial score (nSPS) is 14.9. The first-order valence-corrected chi connectivity index (χ1v) is 7.17. The molecule has 0 spiro atoms. The molecule has 1 saturated carbocycles. The van der Waals surface area contributed by atoms with Gasteiger partial charge in [-0.2, -0.15) is 5.26 Å². The number of hydrogen-bond acceptors (Lipinski definition) is 2. The van der Waals surface area contributed by atoms with Crippen LogP contribution in [0.2, 0.25) is 0 Å². The molecular weight excluding hydrogens is 279 g/mol. The van der Waals surface area contributed by atoms with E-state index in [1.165, 1.54) is 12.1 Å². The van der Waals surface area contributed by atoms with Gasteiger partial charge in [-0.05, 0) is 48.2 Å². The zero-order chi connectivity index (χ0) is 15.6. The molecule has 0 radical (unpaired) electrons. The van der Waals surface area contributed by atoms with Gasteiger partial charge in [0.25, 0.3) is 0 Å². The Balaban J connectivity index is 1.66. The van der Waals surface area contributed by atoms with E-state index in [9.17, 15) is 9.18 Å². The number of nitrogens with zero attached hydrogens (tertiary/aromatic N) is 1. The molecule has 1 fully saturated rings. The van der Waals surface area contributed by atoms with E-state index in [2.05, 4.69) is 11.4 Å². The largest absolute Gasteiger partial charge is 0.351 e. The Morgan fingerprint density at radius 1 is 1.14 bits per heavy atom. The molecule has 0 unspecified atom stereocenters. The second-order valence-electron chi connectivity index (χ2n) is 5.58. The van der Waals surface area contributed by atoms with Crippen molar-refractivity contribution in [2.45, 2.75) is 24.8 Å². The summed E-state index contributed by atoms with van der Waals surface area (Å²) in [5, 5.41) is 11.7. The predicted molar refractivity (Wildman–Crippen MR) is 80.3 cm³/mol. The Morgan fingerprint density at radius 2 is 1.77 bits per heavy atom. The fraction of sp³-hybridized carbons (Fsp3) is 0.222. The summed E-state index contributed by atoms with van der Waals surface area (Å²) in [6.45, 7) is 0.424. The minimum Gasteiger partial charge on any atom is -0.351 e. The van der Waals surface area contributed by atoms with Gasteiger partial charge < -0.3 is 5.32 Å². The molecule has 3 nitrogen and oxygen atoms in total. The van der Waals surface area contributed by atoms with Gasteiger partial charge in [0, 0.05) is 6.54 Å². The zero-order valence-corrected chi connectivity index (χ0v) is 12.0. The third-order valence-electron chi connectivity index (χ3n) is 4.12. The minimum absolute atomic E-state index is 0.0246. The van der Waals surface area contributed by atoms with Crippen molar-refractivity contribution in [3.05, 3.63) is 71.0 Å². The van der Waals surface area contributed by atoms with Gasteiger partial charge >= 0.3 is 0 Å². The molecule has 0 heterocycles. The van der Waals surface area contributed by atoms with Crippen molar-refractivity contribution in [1.82, 2.24) is 5.32 Å². The van der Waals surface area contributed by atoms with Gasteiger partial charge in [0.2, 0.25) is 5.91 Å². The summed E-state index contributed by atoms with van der Waals surface area (Å²) >= 11 is 0. The molecule has 0 aromatic heterocycles. The molecule has 1 N–H and O–H groups in total. The number of carbonyl (C=O) groups is 1. The maximum atomic E-state index is 13.0. The number of halogens is 1. The van der Waals surface area contributed by atoms with Crippen LogP contribution in [0.4, 0.5) is 4.39 Å². The van der Waals surface area contributed by atoms with Gasteiger partial charge in [-0.25, -0.2) is 4.39 Å². The first-order valence-electron chi connectivity index (χ1n) is 7.17. The molecule has 22 heavy (non-hydrogen) atoms. The van der Waals surface area contributed by atoms with Gasteiger partial charge in [-0.3, -0.25) is 4.79 Å². The molecule has 2 aromatic carbocycles. The van der Waals surface area contributed by atoms with E-state index in [0.717, 1.165) is 24.0 Å². The average Bonchev–Trinajstić information content (AvgIpc) is 3.35. The summed E-state index contributed by atoms with van der Waals surface area (Å²) < 4.78 is 13.0. The van der Waals surface area contributed by atoms with Gasteiger partial charge in [-0.1, -0.05) is 24.3 Å². The van der Waals surface area contributed by atoms with E-state index in [1.807, 2.05) is 12.1 Å². The monoisotopic (exact) mass is 294 g/mol. The van der Waals surface area contributed by atoms with Crippen LogP contribution in [-0.2, 0) is 16.8 Å². The van der Waals surface area contributed by atoms with Crippen LogP contribution in [0.5, 0.6) is 0 Å². The second-order valence-corrected chi connectivity index (χ2v) is 5.58. The lowest BCUT2D eigenvalue weighted by Crippen LogP contribution is -2.34. The van der Waals surface area contributed by atoms with Crippen LogP contribution >= 0.6 is 0 Å². The average molecular weight is 294 g/mol. The molecule has 0 aliphatic heterocycles. The Kier molecular flexibility index (Phi) is 3.64. The van der Waals surface area contributed by atoms with Gasteiger partial charge in [0.1, 0.15) is 5.82 Å². The van der Waals surface area contributed by atoms with E-state index in [0.29, 0.717) is 12.1 Å². The van der Waals surface area contributed by atoms with Crippen molar-refractivity contribution in [1.29, 1.82) is 5.26 Å². The van der Waals surface area contributed by atoms with E-state index in [-0.39, 0.29) is 11.7 Å². The Bertz CT molecular complexity index is 725. The number of benzene rings is 2. The number of amides is 1. The molecule has 1 aliphatic rings. The summed E-state index contributed by atoms with van der Waals surface area (Å²) in [6, 6.07) is 15.3. The molecule has 110 valence electrons. The molecule has 0 bridgehead atoms. The van der Waals surface area contributed by atoms with Gasteiger partial charge in [-0.15, -0.1) is 0 Å². The van der Waals surface area contributed by atoms with Crippen molar-refractivity contribution in [3.8, 4) is 6.07 Å². The Labute approximate surface area is 128 Å². The summed E-state index contributed by atoms with van der Waals surface area (Å²) in [6.07, 6.45) is 1.58. The van der Waals surface area contributed by atoms with E-state index < -0.39 is 5.41 Å². The molecule has 0 atom stereocenters. The number of nitriles is 1. The smallest absolute Gasteiger partial charge is 0.230 e. The lowest BCUT2D eigenvalue weighted by molar-refractivity contribution is -0.123. The Hall–Kier alpha value is -2.67. The van der Waals surface area contributed by atoms with Crippen LogP contribution in [0.15, 0.2) is 48.5 Å². The summed E-state index contributed by atoms with van der Waals surface area (Å²) in [7, 11) is 0. The predicted octanol–water partition coefficient (Wildman–Crippen LogP) is 3.05. The third kappa shape index (κ3) is 2.71. The number of carbonyl (C=O) groups excluding carboxylic acids is 1. The van der Waals surface area contributed by atoms with Crippen LogP contribution in [0.3, 0.4) is 0 Å². The van der Waals surface area contributed by atoms with E-state index >= 15 is 0 Å². The summed E-state index contributed by atoms with van der Waals surface area (Å²) in [5.74, 6) is -0.319. The molecule has 3 rings (SSSR count). The standard InChI is InChI=1S/C18H15FN2O/c19-16-7-5-15(6-8-16)18(9-10-18)17(22)21-12-14-3-1-13(11-20)2-4-14/h1-8H,9-10,12H2,(H,21,22). The lowest BCUT2D eigenvalue weighted by atomic mass is 9.95. The van der Waals surface area contributed by atoms with Crippen LogP contribution in [-0.4, -0.2) is 5.91 Å². The van der Waals surface area contributed by atoms with Crippen LogP contribution in [0, 0.1) is 17.1 Å². The van der Waals surface area contributed by atoms with E-state index in [1.54, 1.807) is 24.3 Å². The highest BCUT2D eigenvalue weighted by Crippen LogP contribution is 2.48. The van der Waals surface area contributed by atoms with Crippen molar-refractivity contribution in [3.63, 3.8) is 0 Å². The molecule has 1 amide bonds. The molecule has 2 aromatic rings. The highest BCUT2D eigenvalue weighted by Gasteiger charge is 2.51. The summed E-state index contributed by atoms with van der Waals surface area (Å²) in [4.78, 5) is 12.5. The second kappa shape index (κ2) is 5.61. The number of nitrogens with one attached hydrogen (secondary N) is 1. The Morgan fingerprint density at radius 3 is 2.32 bits per heavy atom. The van der Waals surface area contributed by atoms with Crippen LogP contribution in [0.25, 0.3) is 0 Å². The third-order valence-corrected chi connectivity index (χ3v) is 4.12. The van der Waals surface area contributed by atoms with Gasteiger partial charge in [0.05, 0.1) is 17.0 Å². The SMILES string of the molecule is N#Cc1ccc(CNC(=O)C2(c3ccc(F)cc3)CC2)cc1. The first-order chi connectivity index (χ1) is 10.6. The van der Waals surface area contributed by atoms with Gasteiger partial charge in [0.15, 0.2) is 0 Å². The molecule has 4 heteroatoms. The van der Waals surface area contributed by atoms with Crippen LogP contribution < -0.4 is 5.32 Å². The fourth-order valence-electron chi connectivity index (χ4n) is 2.59. The fourth-order valence-corrected chi connectivity index (χ4v) is 2.59. The maximum absolute atomic E-state index is 13.0. The van der Waals surface area contributed by atoms with Crippen molar-refractivity contribution in [2.24, 2.45) is 0 Å². The minimum atomic E-state index is -0.500.